The van der Waals surface area contributed by atoms with Crippen molar-refractivity contribution in [1.82, 2.24) is 10.2 Å². The summed E-state index contributed by atoms with van der Waals surface area (Å²) in [5, 5.41) is 9.83. The molecular weight excluding hydrogens is 176 g/mol. The summed E-state index contributed by atoms with van der Waals surface area (Å²) in [6.07, 6.45) is 3.39. The van der Waals surface area contributed by atoms with Gasteiger partial charge in [-0.15, -0.1) is 0 Å². The van der Waals surface area contributed by atoms with Crippen LogP contribution in [0.3, 0.4) is 0 Å². The normalized spacial score (nSPS) is 11.2. The average Bonchev–Trinajstić information content (AvgIpc) is 2.57. The van der Waals surface area contributed by atoms with E-state index >= 15 is 0 Å². The van der Waals surface area contributed by atoms with Crippen LogP contribution in [0.5, 0.6) is 0 Å². The number of furan rings is 1. The fourth-order valence-electron chi connectivity index (χ4n) is 1.77. The van der Waals surface area contributed by atoms with Gasteiger partial charge in [-0.05, 0) is 18.6 Å². The Balaban J connectivity index is 2.65. The van der Waals surface area contributed by atoms with Crippen LogP contribution >= 0.6 is 0 Å². The second-order valence-electron chi connectivity index (χ2n) is 3.32. The molecule has 2 heterocycles. The van der Waals surface area contributed by atoms with E-state index in [1.807, 2.05) is 12.1 Å². The van der Waals surface area contributed by atoms with Crippen LogP contribution in [0.4, 0.5) is 0 Å². The number of rotatable bonds is 0. The molecule has 0 aliphatic carbocycles. The van der Waals surface area contributed by atoms with E-state index in [4.69, 9.17) is 4.42 Å². The summed E-state index contributed by atoms with van der Waals surface area (Å²) in [4.78, 5) is 0. The van der Waals surface area contributed by atoms with Crippen LogP contribution in [-0.2, 0) is 0 Å². The molecule has 3 heteroatoms. The largest absolute Gasteiger partial charge is 0.454 e. The van der Waals surface area contributed by atoms with E-state index < -0.39 is 0 Å². The molecule has 0 saturated heterocycles. The van der Waals surface area contributed by atoms with Crippen molar-refractivity contribution in [1.29, 1.82) is 0 Å². The predicted molar refractivity (Wildman–Crippen MR) is 54.0 cm³/mol. The third-order valence-corrected chi connectivity index (χ3v) is 2.42. The zero-order valence-corrected chi connectivity index (χ0v) is 7.69. The summed E-state index contributed by atoms with van der Waals surface area (Å²) in [5.74, 6) is 0. The Morgan fingerprint density at radius 2 is 1.93 bits per heavy atom. The summed E-state index contributed by atoms with van der Waals surface area (Å²) in [5.41, 5.74) is 2.90. The van der Waals surface area contributed by atoms with Crippen molar-refractivity contribution in [3.8, 4) is 0 Å². The lowest BCUT2D eigenvalue weighted by atomic mass is 10.1. The van der Waals surface area contributed by atoms with Crippen LogP contribution in [0.2, 0.25) is 0 Å². The zero-order valence-electron chi connectivity index (χ0n) is 7.69. The van der Waals surface area contributed by atoms with E-state index in [0.717, 1.165) is 21.9 Å². The van der Waals surface area contributed by atoms with Crippen LogP contribution in [0.25, 0.3) is 21.9 Å². The molecule has 0 saturated carbocycles. The molecule has 0 radical (unpaired) electrons. The van der Waals surface area contributed by atoms with Gasteiger partial charge in [-0.25, -0.2) is 0 Å². The fraction of sp³-hybridized carbons (Fsp3) is 0.0909. The van der Waals surface area contributed by atoms with Crippen LogP contribution < -0.4 is 0 Å². The van der Waals surface area contributed by atoms with Gasteiger partial charge >= 0.3 is 0 Å². The molecule has 0 aliphatic heterocycles. The number of nitrogens with zero attached hydrogens (tertiary/aromatic N) is 2. The molecule has 3 rings (SSSR count). The van der Waals surface area contributed by atoms with Gasteiger partial charge in [-0.1, -0.05) is 12.1 Å². The molecule has 0 spiro atoms. The monoisotopic (exact) mass is 184 g/mol. The average molecular weight is 184 g/mol. The molecule has 0 amide bonds. The lowest BCUT2D eigenvalue weighted by Gasteiger charge is -1.92. The molecule has 0 aliphatic rings. The molecule has 3 aromatic rings. The molecular formula is C11H8N2O. The second-order valence-corrected chi connectivity index (χ2v) is 3.32. The first-order valence-electron chi connectivity index (χ1n) is 4.45. The maximum absolute atomic E-state index is 5.63. The Morgan fingerprint density at radius 1 is 1.07 bits per heavy atom. The van der Waals surface area contributed by atoms with Crippen LogP contribution in [0, 0.1) is 6.92 Å². The Hall–Kier alpha value is -1.90. The molecule has 1 aromatic carbocycles. The SMILES string of the molecule is Cc1cccc2oc3cnncc3c12. The summed E-state index contributed by atoms with van der Waals surface area (Å²) < 4.78 is 5.63. The minimum atomic E-state index is 0.796. The molecule has 14 heavy (non-hydrogen) atoms. The van der Waals surface area contributed by atoms with Crippen LogP contribution in [-0.4, -0.2) is 10.2 Å². The Bertz CT molecular complexity index is 613. The summed E-state index contributed by atoms with van der Waals surface area (Å²) in [7, 11) is 0. The Labute approximate surface area is 80.4 Å². The first kappa shape index (κ1) is 7.50. The zero-order chi connectivity index (χ0) is 9.54. The summed E-state index contributed by atoms with van der Waals surface area (Å²) >= 11 is 0. The van der Waals surface area contributed by atoms with Gasteiger partial charge in [-0.3, -0.25) is 0 Å². The maximum Gasteiger partial charge on any atom is 0.157 e. The molecule has 2 aromatic heterocycles. The summed E-state index contributed by atoms with van der Waals surface area (Å²) in [6, 6.07) is 6.01. The molecule has 0 fully saturated rings. The van der Waals surface area contributed by atoms with Gasteiger partial charge < -0.3 is 4.42 Å². The highest BCUT2D eigenvalue weighted by Crippen LogP contribution is 2.29. The van der Waals surface area contributed by atoms with Crippen molar-refractivity contribution in [3.63, 3.8) is 0 Å². The minimum Gasteiger partial charge on any atom is -0.454 e. The van der Waals surface area contributed by atoms with Crippen molar-refractivity contribution < 1.29 is 4.42 Å². The van der Waals surface area contributed by atoms with Crippen LogP contribution in [0.15, 0.2) is 35.0 Å². The lowest BCUT2D eigenvalue weighted by molar-refractivity contribution is 0.665. The Kier molecular flexibility index (Phi) is 1.36. The quantitative estimate of drug-likeness (QED) is 0.539. The van der Waals surface area contributed by atoms with Gasteiger partial charge in [0.25, 0.3) is 0 Å². The first-order valence-corrected chi connectivity index (χ1v) is 4.45. The lowest BCUT2D eigenvalue weighted by Crippen LogP contribution is -1.77. The van der Waals surface area contributed by atoms with Crippen molar-refractivity contribution in [2.75, 3.05) is 0 Å². The highest BCUT2D eigenvalue weighted by atomic mass is 16.3. The highest BCUT2D eigenvalue weighted by molar-refractivity contribution is 6.05. The third kappa shape index (κ3) is 0.865. The van der Waals surface area contributed by atoms with Crippen molar-refractivity contribution in [2.24, 2.45) is 0 Å². The van der Waals surface area contributed by atoms with Crippen molar-refractivity contribution >= 4 is 21.9 Å². The van der Waals surface area contributed by atoms with Gasteiger partial charge in [0.15, 0.2) is 5.58 Å². The van der Waals surface area contributed by atoms with Gasteiger partial charge in [0.2, 0.25) is 0 Å². The van der Waals surface area contributed by atoms with E-state index in [9.17, 15) is 0 Å². The number of fused-ring (bicyclic) bond motifs is 3. The molecule has 0 atom stereocenters. The van der Waals surface area contributed by atoms with Gasteiger partial charge in [0.05, 0.1) is 17.8 Å². The predicted octanol–water partition coefficient (Wildman–Crippen LogP) is 2.68. The number of benzene rings is 1. The third-order valence-electron chi connectivity index (χ3n) is 2.42. The number of hydrogen-bond acceptors (Lipinski definition) is 3. The van der Waals surface area contributed by atoms with E-state index in [1.54, 1.807) is 12.4 Å². The second kappa shape index (κ2) is 2.54. The fourth-order valence-corrected chi connectivity index (χ4v) is 1.77. The van der Waals surface area contributed by atoms with Crippen molar-refractivity contribution in [3.05, 3.63) is 36.2 Å². The van der Waals surface area contributed by atoms with E-state index in [-0.39, 0.29) is 0 Å². The van der Waals surface area contributed by atoms with Gasteiger partial charge in [-0.2, -0.15) is 10.2 Å². The van der Waals surface area contributed by atoms with Crippen molar-refractivity contribution in [2.45, 2.75) is 6.92 Å². The first-order chi connectivity index (χ1) is 6.86. The highest BCUT2D eigenvalue weighted by Gasteiger charge is 2.07. The van der Waals surface area contributed by atoms with Crippen LogP contribution in [0.1, 0.15) is 5.56 Å². The van der Waals surface area contributed by atoms with E-state index in [2.05, 4.69) is 23.2 Å². The minimum absolute atomic E-state index is 0.796. The maximum atomic E-state index is 5.63. The van der Waals surface area contributed by atoms with Gasteiger partial charge in [0, 0.05) is 5.39 Å². The molecule has 0 unspecified atom stereocenters. The number of aryl methyl sites for hydroxylation is 1. The molecule has 3 nitrogen and oxygen atoms in total. The van der Waals surface area contributed by atoms with E-state index in [0.29, 0.717) is 0 Å². The van der Waals surface area contributed by atoms with E-state index in [1.165, 1.54) is 5.56 Å². The topological polar surface area (TPSA) is 38.9 Å². The molecule has 68 valence electrons. The Morgan fingerprint density at radius 3 is 2.86 bits per heavy atom. The smallest absolute Gasteiger partial charge is 0.157 e. The van der Waals surface area contributed by atoms with Gasteiger partial charge in [0.1, 0.15) is 5.58 Å². The summed E-state index contributed by atoms with van der Waals surface area (Å²) in [6.45, 7) is 2.07. The standard InChI is InChI=1S/C11H8N2O/c1-7-3-2-4-9-11(7)8-5-12-13-6-10(8)14-9/h2-6H,1H3. The molecule has 0 N–H and O–H groups in total. The molecule has 0 bridgehead atoms. The number of aromatic nitrogens is 2. The number of hydrogen-bond donors (Lipinski definition) is 0.